The summed E-state index contributed by atoms with van der Waals surface area (Å²) >= 11 is 0. The molecular formula is C15H15NO2. The molecule has 1 aromatic heterocycles. The normalized spacial score (nSPS) is 11.0. The van der Waals surface area contributed by atoms with Gasteiger partial charge in [-0.25, -0.2) is 9.78 Å². The largest absolute Gasteiger partial charge is 0.457 e. The molecule has 3 nitrogen and oxygen atoms in total. The Morgan fingerprint density at radius 3 is 2.94 bits per heavy atom. The molecule has 0 atom stereocenters. The maximum Gasteiger partial charge on any atom is 0.357 e. The van der Waals surface area contributed by atoms with Crippen LogP contribution in [0.15, 0.2) is 42.5 Å². The first-order valence-electron chi connectivity index (χ1n) is 5.87. The third-order valence-corrected chi connectivity index (χ3v) is 2.65. The number of benzene rings is 1. The van der Waals surface area contributed by atoms with E-state index in [0.717, 1.165) is 16.5 Å². The lowest BCUT2D eigenvalue weighted by Gasteiger charge is -2.06. The Kier molecular flexibility index (Phi) is 3.72. The Hall–Kier alpha value is -2.16. The van der Waals surface area contributed by atoms with E-state index >= 15 is 0 Å². The number of allylic oxidation sites excluding steroid dienone is 1. The highest BCUT2D eigenvalue weighted by Gasteiger charge is 2.12. The Morgan fingerprint density at radius 2 is 2.17 bits per heavy atom. The summed E-state index contributed by atoms with van der Waals surface area (Å²) in [6, 6.07) is 9.67. The minimum Gasteiger partial charge on any atom is -0.457 e. The maximum absolute atomic E-state index is 11.9. The number of pyridine rings is 1. The van der Waals surface area contributed by atoms with Crippen molar-refractivity contribution >= 4 is 16.9 Å². The Morgan fingerprint density at radius 1 is 1.39 bits per heavy atom. The van der Waals surface area contributed by atoms with Gasteiger partial charge in [0.05, 0.1) is 5.52 Å². The minimum absolute atomic E-state index is 0.281. The molecule has 0 saturated heterocycles. The molecule has 1 heterocycles. The summed E-state index contributed by atoms with van der Waals surface area (Å²) in [5.74, 6) is -0.378. The summed E-state index contributed by atoms with van der Waals surface area (Å²) in [7, 11) is 0. The lowest BCUT2D eigenvalue weighted by molar-refractivity contribution is 0.0542. The molecule has 2 rings (SSSR count). The average Bonchev–Trinajstić information content (AvgIpc) is 2.38. The number of fused-ring (bicyclic) bond motifs is 1. The third kappa shape index (κ3) is 2.56. The van der Waals surface area contributed by atoms with Gasteiger partial charge in [0.15, 0.2) is 5.69 Å². The number of aromatic nitrogens is 1. The van der Waals surface area contributed by atoms with Crippen LogP contribution in [-0.2, 0) is 4.74 Å². The Balaban J connectivity index is 2.32. The van der Waals surface area contributed by atoms with Crippen LogP contribution in [0.2, 0.25) is 0 Å². The monoisotopic (exact) mass is 241 g/mol. The standard InChI is InChI=1S/C15H15NO2/c1-3-4-9-18-15(17)14-11(2)10-12-7-5-6-8-13(12)16-14/h3-8,10H,9H2,1-2H3. The zero-order chi connectivity index (χ0) is 13.0. The number of para-hydroxylation sites is 1. The highest BCUT2D eigenvalue weighted by Crippen LogP contribution is 2.16. The highest BCUT2D eigenvalue weighted by molar-refractivity contribution is 5.92. The Bertz CT molecular complexity index is 602. The molecule has 1 aromatic carbocycles. The van der Waals surface area contributed by atoms with Gasteiger partial charge >= 0.3 is 5.97 Å². The van der Waals surface area contributed by atoms with E-state index in [2.05, 4.69) is 4.98 Å². The summed E-state index contributed by atoms with van der Waals surface area (Å²) in [6.07, 6.45) is 3.63. The molecule has 3 heteroatoms. The van der Waals surface area contributed by atoms with Gasteiger partial charge in [-0.1, -0.05) is 30.4 Å². The van der Waals surface area contributed by atoms with Crippen LogP contribution in [0.4, 0.5) is 0 Å². The molecule has 0 spiro atoms. The van der Waals surface area contributed by atoms with Crippen LogP contribution in [0.5, 0.6) is 0 Å². The number of carbonyl (C=O) groups excluding carboxylic acids is 1. The molecule has 2 aromatic rings. The van der Waals surface area contributed by atoms with Crippen molar-refractivity contribution in [2.45, 2.75) is 13.8 Å². The van der Waals surface area contributed by atoms with E-state index in [1.165, 1.54) is 0 Å². The molecule has 0 aliphatic carbocycles. The molecule has 0 aliphatic rings. The summed E-state index contributed by atoms with van der Waals surface area (Å²) in [5.41, 5.74) is 2.03. The zero-order valence-electron chi connectivity index (χ0n) is 10.5. The number of esters is 1. The molecular weight excluding hydrogens is 226 g/mol. The van der Waals surface area contributed by atoms with E-state index in [9.17, 15) is 4.79 Å². The van der Waals surface area contributed by atoms with Gasteiger partial charge in [-0.3, -0.25) is 0 Å². The van der Waals surface area contributed by atoms with Gasteiger partial charge in [-0.2, -0.15) is 0 Å². The predicted octanol–water partition coefficient (Wildman–Crippen LogP) is 3.28. The van der Waals surface area contributed by atoms with Crippen molar-refractivity contribution in [3.63, 3.8) is 0 Å². The summed E-state index contributed by atoms with van der Waals surface area (Å²) < 4.78 is 5.11. The van der Waals surface area contributed by atoms with Crippen LogP contribution < -0.4 is 0 Å². The van der Waals surface area contributed by atoms with Crippen LogP contribution in [0.25, 0.3) is 10.9 Å². The van der Waals surface area contributed by atoms with E-state index in [-0.39, 0.29) is 12.6 Å². The van der Waals surface area contributed by atoms with E-state index < -0.39 is 0 Å². The molecule has 0 bridgehead atoms. The number of hydrogen-bond acceptors (Lipinski definition) is 3. The number of aryl methyl sites for hydroxylation is 1. The summed E-state index contributed by atoms with van der Waals surface area (Å²) in [4.78, 5) is 16.2. The van der Waals surface area contributed by atoms with Gasteiger partial charge in [-0.15, -0.1) is 0 Å². The highest BCUT2D eigenvalue weighted by atomic mass is 16.5. The van der Waals surface area contributed by atoms with Crippen molar-refractivity contribution in [2.24, 2.45) is 0 Å². The second-order valence-corrected chi connectivity index (χ2v) is 4.01. The Labute approximate surface area is 106 Å². The van der Waals surface area contributed by atoms with E-state index in [0.29, 0.717) is 5.69 Å². The minimum atomic E-state index is -0.378. The number of rotatable bonds is 3. The molecule has 0 N–H and O–H groups in total. The predicted molar refractivity (Wildman–Crippen MR) is 71.6 cm³/mol. The average molecular weight is 241 g/mol. The van der Waals surface area contributed by atoms with Gasteiger partial charge in [0.1, 0.15) is 6.61 Å². The maximum atomic E-state index is 11.9. The molecule has 0 radical (unpaired) electrons. The molecule has 92 valence electrons. The van der Waals surface area contributed by atoms with E-state index in [4.69, 9.17) is 4.74 Å². The van der Waals surface area contributed by atoms with Crippen molar-refractivity contribution in [3.05, 3.63) is 53.7 Å². The second-order valence-electron chi connectivity index (χ2n) is 4.01. The van der Waals surface area contributed by atoms with Crippen molar-refractivity contribution in [1.82, 2.24) is 4.98 Å². The van der Waals surface area contributed by atoms with E-state index in [1.807, 2.05) is 50.3 Å². The summed E-state index contributed by atoms with van der Waals surface area (Å²) in [5, 5.41) is 1.03. The lowest BCUT2D eigenvalue weighted by atomic mass is 10.1. The van der Waals surface area contributed by atoms with Crippen molar-refractivity contribution in [2.75, 3.05) is 6.61 Å². The van der Waals surface area contributed by atoms with Gasteiger partial charge in [-0.05, 0) is 31.5 Å². The molecule has 0 saturated carbocycles. The fraction of sp³-hybridized carbons (Fsp3) is 0.200. The van der Waals surface area contributed by atoms with Crippen molar-refractivity contribution in [3.8, 4) is 0 Å². The van der Waals surface area contributed by atoms with Gasteiger partial charge < -0.3 is 4.74 Å². The van der Waals surface area contributed by atoms with Gasteiger partial charge in [0.25, 0.3) is 0 Å². The van der Waals surface area contributed by atoms with Crippen LogP contribution in [0, 0.1) is 6.92 Å². The smallest absolute Gasteiger partial charge is 0.357 e. The van der Waals surface area contributed by atoms with Crippen molar-refractivity contribution < 1.29 is 9.53 Å². The molecule has 0 aliphatic heterocycles. The van der Waals surface area contributed by atoms with Crippen LogP contribution in [0.1, 0.15) is 23.0 Å². The number of carbonyl (C=O) groups is 1. The quantitative estimate of drug-likeness (QED) is 0.611. The van der Waals surface area contributed by atoms with Gasteiger partial charge in [0.2, 0.25) is 0 Å². The second kappa shape index (κ2) is 5.45. The molecule has 0 fully saturated rings. The molecule has 0 amide bonds. The summed E-state index contributed by atoms with van der Waals surface area (Å²) in [6.45, 7) is 4.03. The van der Waals surface area contributed by atoms with Crippen LogP contribution in [0.3, 0.4) is 0 Å². The lowest BCUT2D eigenvalue weighted by Crippen LogP contribution is -2.09. The van der Waals surface area contributed by atoms with E-state index in [1.54, 1.807) is 6.08 Å². The zero-order valence-corrected chi connectivity index (χ0v) is 10.5. The first kappa shape index (κ1) is 12.3. The fourth-order valence-electron chi connectivity index (χ4n) is 1.72. The van der Waals surface area contributed by atoms with Crippen LogP contribution >= 0.6 is 0 Å². The number of ether oxygens (including phenoxy) is 1. The number of nitrogens with zero attached hydrogens (tertiary/aromatic N) is 1. The SMILES string of the molecule is CC=CCOC(=O)c1nc2ccccc2cc1C. The third-order valence-electron chi connectivity index (χ3n) is 2.65. The first-order valence-corrected chi connectivity index (χ1v) is 5.87. The van der Waals surface area contributed by atoms with Crippen molar-refractivity contribution in [1.29, 1.82) is 0 Å². The van der Waals surface area contributed by atoms with Gasteiger partial charge in [0, 0.05) is 5.39 Å². The topological polar surface area (TPSA) is 39.2 Å². The molecule has 0 unspecified atom stereocenters. The first-order chi connectivity index (χ1) is 8.72. The van der Waals surface area contributed by atoms with Crippen LogP contribution in [-0.4, -0.2) is 17.6 Å². The number of hydrogen-bond donors (Lipinski definition) is 0. The fourth-order valence-corrected chi connectivity index (χ4v) is 1.72. The molecule has 18 heavy (non-hydrogen) atoms.